The fourth-order valence-electron chi connectivity index (χ4n) is 1.90. The molecule has 3 N–H and O–H groups in total. The number of hydrogen-bond donors (Lipinski definition) is 3. The van der Waals surface area contributed by atoms with Gasteiger partial charge in [-0.2, -0.15) is 0 Å². The third-order valence-corrected chi connectivity index (χ3v) is 5.44. The van der Waals surface area contributed by atoms with Crippen molar-refractivity contribution in [1.29, 1.82) is 0 Å². The molecular formula is C18H24N2O5S2. The van der Waals surface area contributed by atoms with Crippen LogP contribution in [0.4, 0.5) is 5.69 Å². The first kappa shape index (κ1) is 22.9. The largest absolute Gasteiger partial charge is 0.507 e. The fraction of sp³-hybridized carbons (Fsp3) is 0.389. The molecule has 0 aliphatic heterocycles. The summed E-state index contributed by atoms with van der Waals surface area (Å²) in [6.45, 7) is 2.55. The second-order valence-electron chi connectivity index (χ2n) is 5.29. The summed E-state index contributed by atoms with van der Waals surface area (Å²) in [6.07, 6.45) is 5.09. The predicted molar refractivity (Wildman–Crippen MR) is 110 cm³/mol. The molecule has 0 aliphatic rings. The summed E-state index contributed by atoms with van der Waals surface area (Å²) < 4.78 is 4.57. The lowest BCUT2D eigenvalue weighted by molar-refractivity contribution is -0.120. The average Bonchev–Trinajstić information content (AvgIpc) is 2.65. The van der Waals surface area contributed by atoms with Crippen LogP contribution in [-0.2, 0) is 14.3 Å². The number of rotatable bonds is 11. The minimum atomic E-state index is -0.680. The summed E-state index contributed by atoms with van der Waals surface area (Å²) in [5, 5.41) is 15.1. The molecule has 0 atom stereocenters. The minimum Gasteiger partial charge on any atom is -0.507 e. The summed E-state index contributed by atoms with van der Waals surface area (Å²) in [7, 11) is 4.07. The molecule has 148 valence electrons. The summed E-state index contributed by atoms with van der Waals surface area (Å²) in [4.78, 5) is 35.0. The molecule has 1 aromatic carbocycles. The number of hydrogen-bond acceptors (Lipinski definition) is 7. The topological polar surface area (TPSA) is 105 Å². The van der Waals surface area contributed by atoms with Crippen LogP contribution >= 0.6 is 21.6 Å². The lowest BCUT2D eigenvalue weighted by atomic mass is 10.2. The quantitative estimate of drug-likeness (QED) is 0.169. The van der Waals surface area contributed by atoms with E-state index in [-0.39, 0.29) is 28.9 Å². The van der Waals surface area contributed by atoms with Crippen molar-refractivity contribution < 1.29 is 24.2 Å². The van der Waals surface area contributed by atoms with Gasteiger partial charge in [0.15, 0.2) is 0 Å². The number of anilines is 1. The lowest BCUT2D eigenvalue weighted by Crippen LogP contribution is -2.24. The smallest absolute Gasteiger partial charge is 0.341 e. The zero-order chi connectivity index (χ0) is 20.1. The number of ether oxygens (including phenoxy) is 1. The number of amides is 2. The molecule has 1 rings (SSSR count). The Kier molecular flexibility index (Phi) is 11.1. The Bertz CT molecular complexity index is 680. The number of phenols is 1. The monoisotopic (exact) mass is 412 g/mol. The van der Waals surface area contributed by atoms with Crippen LogP contribution in [0.3, 0.4) is 0 Å². The first-order chi connectivity index (χ1) is 13.0. The van der Waals surface area contributed by atoms with Crippen molar-refractivity contribution in [3.63, 3.8) is 0 Å². The van der Waals surface area contributed by atoms with Gasteiger partial charge in [0.1, 0.15) is 11.3 Å². The van der Waals surface area contributed by atoms with E-state index in [1.807, 2.05) is 19.1 Å². The molecule has 1 aromatic rings. The van der Waals surface area contributed by atoms with E-state index in [9.17, 15) is 19.5 Å². The van der Waals surface area contributed by atoms with Gasteiger partial charge in [-0.1, -0.05) is 40.7 Å². The van der Waals surface area contributed by atoms with Crippen LogP contribution in [0.1, 0.15) is 30.1 Å². The van der Waals surface area contributed by atoms with Crippen LogP contribution in [0, 0.1) is 0 Å². The van der Waals surface area contributed by atoms with E-state index in [1.165, 1.54) is 46.9 Å². The molecule has 27 heavy (non-hydrogen) atoms. The lowest BCUT2D eigenvalue weighted by Gasteiger charge is -2.08. The highest BCUT2D eigenvalue weighted by Gasteiger charge is 2.13. The summed E-state index contributed by atoms with van der Waals surface area (Å²) in [6, 6.07) is 4.18. The minimum absolute atomic E-state index is 0.0122. The van der Waals surface area contributed by atoms with Gasteiger partial charge in [-0.3, -0.25) is 9.59 Å². The summed E-state index contributed by atoms with van der Waals surface area (Å²) >= 11 is 0. The number of aromatic hydroxyl groups is 1. The van der Waals surface area contributed by atoms with Crippen molar-refractivity contribution in [2.75, 3.05) is 30.5 Å². The molecule has 0 fully saturated rings. The maximum atomic E-state index is 11.9. The first-order valence-electron chi connectivity index (χ1n) is 8.35. The number of carbonyl (C=O) groups excluding carboxylic acids is 3. The van der Waals surface area contributed by atoms with Gasteiger partial charge < -0.3 is 20.5 Å². The van der Waals surface area contributed by atoms with E-state index in [4.69, 9.17) is 0 Å². The van der Waals surface area contributed by atoms with E-state index in [2.05, 4.69) is 15.4 Å². The summed E-state index contributed by atoms with van der Waals surface area (Å²) in [5.74, 6) is -0.239. The molecule has 0 saturated carbocycles. The van der Waals surface area contributed by atoms with Gasteiger partial charge in [0.25, 0.3) is 0 Å². The summed E-state index contributed by atoms with van der Waals surface area (Å²) in [5.41, 5.74) is 0.387. The third kappa shape index (κ3) is 9.39. The molecule has 9 heteroatoms. The van der Waals surface area contributed by atoms with Crippen LogP contribution < -0.4 is 10.6 Å². The third-order valence-electron chi connectivity index (χ3n) is 3.17. The highest BCUT2D eigenvalue weighted by Crippen LogP contribution is 2.24. The standard InChI is InChI=1S/C18H24N2O5S2/c1-3-4-5-6-16(22)19-9-10-26-27-12-17(23)20-13-7-8-15(21)14(11-13)18(24)25-2/h4-5,7-8,11,21H,3,6,9-10,12H2,1-2H3,(H,19,22)(H,20,23)/b5-4-. The molecule has 2 amide bonds. The van der Waals surface area contributed by atoms with Crippen LogP contribution in [0.5, 0.6) is 5.75 Å². The van der Waals surface area contributed by atoms with Crippen LogP contribution in [0.2, 0.25) is 0 Å². The van der Waals surface area contributed by atoms with Gasteiger partial charge in [-0.25, -0.2) is 4.79 Å². The Labute approximate surface area is 166 Å². The number of esters is 1. The maximum absolute atomic E-state index is 11.9. The Morgan fingerprint density at radius 3 is 2.67 bits per heavy atom. The van der Waals surface area contributed by atoms with E-state index in [0.29, 0.717) is 24.4 Å². The molecule has 0 heterocycles. The zero-order valence-electron chi connectivity index (χ0n) is 15.3. The zero-order valence-corrected chi connectivity index (χ0v) is 17.0. The second-order valence-corrected chi connectivity index (χ2v) is 7.87. The van der Waals surface area contributed by atoms with Gasteiger partial charge in [0, 0.05) is 24.4 Å². The van der Waals surface area contributed by atoms with Crippen molar-refractivity contribution in [3.05, 3.63) is 35.9 Å². The number of phenolic OH excluding ortho intramolecular Hbond substituents is 1. The Morgan fingerprint density at radius 1 is 1.19 bits per heavy atom. The van der Waals surface area contributed by atoms with Gasteiger partial charge in [-0.15, -0.1) is 0 Å². The number of allylic oxidation sites excluding steroid dienone is 1. The molecule has 0 spiro atoms. The van der Waals surface area contributed by atoms with Crippen molar-refractivity contribution in [1.82, 2.24) is 5.32 Å². The van der Waals surface area contributed by atoms with E-state index in [0.717, 1.165) is 6.42 Å². The van der Waals surface area contributed by atoms with Crippen molar-refractivity contribution in [3.8, 4) is 5.75 Å². The molecule has 0 radical (unpaired) electrons. The van der Waals surface area contributed by atoms with Gasteiger partial charge in [-0.05, 0) is 24.6 Å². The van der Waals surface area contributed by atoms with Crippen molar-refractivity contribution in [2.24, 2.45) is 0 Å². The Hall–Kier alpha value is -2.13. The SMILES string of the molecule is CC/C=C\CC(=O)NCCSSCC(=O)Nc1ccc(O)c(C(=O)OC)c1. The highest BCUT2D eigenvalue weighted by molar-refractivity contribution is 8.76. The van der Waals surface area contributed by atoms with Crippen LogP contribution in [-0.4, -0.2) is 48.1 Å². The van der Waals surface area contributed by atoms with Gasteiger partial charge in [0.05, 0.1) is 12.9 Å². The molecule has 0 bridgehead atoms. The second kappa shape index (κ2) is 13.1. The Balaban J connectivity index is 2.25. The fourth-order valence-corrected chi connectivity index (χ4v) is 3.64. The molecule has 7 nitrogen and oxygen atoms in total. The van der Waals surface area contributed by atoms with Crippen LogP contribution in [0.15, 0.2) is 30.4 Å². The number of benzene rings is 1. The average molecular weight is 413 g/mol. The molecule has 0 saturated heterocycles. The normalized spacial score (nSPS) is 10.6. The Morgan fingerprint density at radius 2 is 1.96 bits per heavy atom. The number of carbonyl (C=O) groups is 3. The molecule has 0 aliphatic carbocycles. The van der Waals surface area contributed by atoms with Gasteiger partial charge in [0.2, 0.25) is 11.8 Å². The predicted octanol–water partition coefficient (Wildman–Crippen LogP) is 2.97. The van der Waals surface area contributed by atoms with Crippen molar-refractivity contribution in [2.45, 2.75) is 19.8 Å². The first-order valence-corrected chi connectivity index (χ1v) is 10.8. The number of methoxy groups -OCH3 is 1. The molecule has 0 unspecified atom stereocenters. The highest BCUT2D eigenvalue weighted by atomic mass is 33.1. The van der Waals surface area contributed by atoms with E-state index < -0.39 is 5.97 Å². The molecular weight excluding hydrogens is 388 g/mol. The van der Waals surface area contributed by atoms with Crippen LogP contribution in [0.25, 0.3) is 0 Å². The molecule has 0 aromatic heterocycles. The van der Waals surface area contributed by atoms with E-state index >= 15 is 0 Å². The van der Waals surface area contributed by atoms with Crippen molar-refractivity contribution >= 4 is 45.1 Å². The van der Waals surface area contributed by atoms with E-state index in [1.54, 1.807) is 0 Å². The maximum Gasteiger partial charge on any atom is 0.341 e. The number of nitrogens with one attached hydrogen (secondary N) is 2. The van der Waals surface area contributed by atoms with Gasteiger partial charge >= 0.3 is 5.97 Å².